The maximum absolute atomic E-state index is 10.5. The standard InChI is InChI=1S/C6H9NO4/c1-7-5(9)3-2-4(8)6(10)11/h2-3H2,1H3,(H,7,9)(H,10,11)/p-1. The molecule has 0 unspecified atom stereocenters. The highest BCUT2D eigenvalue weighted by Gasteiger charge is 2.05. The summed E-state index contributed by atoms with van der Waals surface area (Å²) in [5.41, 5.74) is 0. The summed E-state index contributed by atoms with van der Waals surface area (Å²) in [6, 6.07) is 0. The number of amides is 1. The fraction of sp³-hybridized carbons (Fsp3) is 0.500. The van der Waals surface area contributed by atoms with E-state index in [9.17, 15) is 19.5 Å². The average molecular weight is 158 g/mol. The molecule has 0 fully saturated rings. The summed E-state index contributed by atoms with van der Waals surface area (Å²) in [5.74, 6) is -3.15. The molecule has 0 aliphatic carbocycles. The van der Waals surface area contributed by atoms with Crippen LogP contribution in [0.15, 0.2) is 0 Å². The van der Waals surface area contributed by atoms with Gasteiger partial charge in [-0.15, -0.1) is 0 Å². The molecule has 0 rings (SSSR count). The number of Topliss-reactive ketones (excluding diaryl/α,β-unsaturated/α-hetero) is 1. The van der Waals surface area contributed by atoms with Crippen molar-refractivity contribution >= 4 is 17.7 Å². The quantitative estimate of drug-likeness (QED) is 0.472. The Balaban J connectivity index is 3.63. The Morgan fingerprint density at radius 1 is 1.27 bits per heavy atom. The van der Waals surface area contributed by atoms with Gasteiger partial charge in [0.1, 0.15) is 5.97 Å². The lowest BCUT2D eigenvalue weighted by molar-refractivity contribution is -0.300. The Hall–Kier alpha value is -1.39. The van der Waals surface area contributed by atoms with Crippen molar-refractivity contribution in [2.24, 2.45) is 0 Å². The second-order valence-electron chi connectivity index (χ2n) is 1.88. The van der Waals surface area contributed by atoms with Gasteiger partial charge in [-0.1, -0.05) is 0 Å². The van der Waals surface area contributed by atoms with Crippen LogP contribution in [0, 0.1) is 0 Å². The van der Waals surface area contributed by atoms with Gasteiger partial charge in [-0.2, -0.15) is 0 Å². The highest BCUT2D eigenvalue weighted by Crippen LogP contribution is 1.89. The molecule has 5 nitrogen and oxygen atoms in total. The van der Waals surface area contributed by atoms with E-state index in [4.69, 9.17) is 0 Å². The Morgan fingerprint density at radius 2 is 1.82 bits per heavy atom. The molecule has 0 aliphatic rings. The van der Waals surface area contributed by atoms with Gasteiger partial charge in [0, 0.05) is 19.9 Å². The zero-order valence-electron chi connectivity index (χ0n) is 6.05. The van der Waals surface area contributed by atoms with Crippen LogP contribution in [0.4, 0.5) is 0 Å². The third kappa shape index (κ3) is 4.07. The molecule has 1 N–H and O–H groups in total. The summed E-state index contributed by atoms with van der Waals surface area (Å²) in [4.78, 5) is 30.6. The van der Waals surface area contributed by atoms with Crippen molar-refractivity contribution in [1.82, 2.24) is 5.32 Å². The summed E-state index contributed by atoms with van der Waals surface area (Å²) in [7, 11) is 1.41. The molecular formula is C6H8NO4-. The van der Waals surface area contributed by atoms with Crippen LogP contribution in [0.3, 0.4) is 0 Å². The number of nitrogens with one attached hydrogen (secondary N) is 1. The number of ketones is 1. The molecule has 0 radical (unpaired) electrons. The van der Waals surface area contributed by atoms with E-state index in [0.29, 0.717) is 0 Å². The van der Waals surface area contributed by atoms with E-state index >= 15 is 0 Å². The van der Waals surface area contributed by atoms with Crippen LogP contribution in [0.5, 0.6) is 0 Å². The van der Waals surface area contributed by atoms with Crippen LogP contribution in [0.2, 0.25) is 0 Å². The highest BCUT2D eigenvalue weighted by molar-refractivity contribution is 6.31. The fourth-order valence-electron chi connectivity index (χ4n) is 0.454. The SMILES string of the molecule is CNC(=O)CCC(=O)C(=O)[O-]. The van der Waals surface area contributed by atoms with Gasteiger partial charge in [0.25, 0.3) is 0 Å². The fourth-order valence-corrected chi connectivity index (χ4v) is 0.454. The first-order valence-corrected chi connectivity index (χ1v) is 3.02. The predicted octanol–water partition coefficient (Wildman–Crippen LogP) is -2.17. The van der Waals surface area contributed by atoms with Gasteiger partial charge < -0.3 is 15.2 Å². The Kier molecular flexibility index (Phi) is 3.87. The summed E-state index contributed by atoms with van der Waals surface area (Å²) < 4.78 is 0. The van der Waals surface area contributed by atoms with Gasteiger partial charge in [0.15, 0.2) is 5.78 Å². The topological polar surface area (TPSA) is 86.3 Å². The minimum atomic E-state index is -1.74. The number of carbonyl (C=O) groups excluding carboxylic acids is 3. The van der Waals surface area contributed by atoms with E-state index in [-0.39, 0.29) is 18.7 Å². The van der Waals surface area contributed by atoms with Crippen molar-refractivity contribution in [3.05, 3.63) is 0 Å². The first kappa shape index (κ1) is 9.61. The average Bonchev–Trinajstić information content (AvgIpc) is 1.99. The van der Waals surface area contributed by atoms with Crippen molar-refractivity contribution in [2.75, 3.05) is 7.05 Å². The van der Waals surface area contributed by atoms with Crippen LogP contribution in [0.1, 0.15) is 12.8 Å². The van der Waals surface area contributed by atoms with E-state index in [1.165, 1.54) is 7.05 Å². The van der Waals surface area contributed by atoms with Crippen molar-refractivity contribution in [2.45, 2.75) is 12.8 Å². The molecule has 0 saturated carbocycles. The summed E-state index contributed by atoms with van der Waals surface area (Å²) in [5, 5.41) is 12.1. The Labute approximate surface area is 63.4 Å². The maximum Gasteiger partial charge on any atom is 0.220 e. The maximum atomic E-state index is 10.5. The third-order valence-electron chi connectivity index (χ3n) is 1.09. The lowest BCUT2D eigenvalue weighted by Crippen LogP contribution is -2.32. The first-order valence-electron chi connectivity index (χ1n) is 3.02. The molecule has 0 bridgehead atoms. The number of hydrogen-bond donors (Lipinski definition) is 1. The minimum absolute atomic E-state index is 0.108. The van der Waals surface area contributed by atoms with Gasteiger partial charge in [-0.25, -0.2) is 0 Å². The molecule has 1 amide bonds. The third-order valence-corrected chi connectivity index (χ3v) is 1.09. The Morgan fingerprint density at radius 3 is 2.18 bits per heavy atom. The lowest BCUT2D eigenvalue weighted by Gasteiger charge is -1.99. The van der Waals surface area contributed by atoms with Gasteiger partial charge >= 0.3 is 0 Å². The smallest absolute Gasteiger partial charge is 0.220 e. The zero-order valence-corrected chi connectivity index (χ0v) is 6.05. The van der Waals surface area contributed by atoms with Crippen LogP contribution in [-0.4, -0.2) is 24.7 Å². The molecule has 5 heteroatoms. The van der Waals surface area contributed by atoms with Crippen LogP contribution < -0.4 is 10.4 Å². The van der Waals surface area contributed by atoms with E-state index in [1.807, 2.05) is 0 Å². The second-order valence-corrected chi connectivity index (χ2v) is 1.88. The number of rotatable bonds is 4. The molecule has 0 aromatic heterocycles. The molecule has 0 aliphatic heterocycles. The van der Waals surface area contributed by atoms with E-state index < -0.39 is 11.8 Å². The number of carbonyl (C=O) groups is 3. The summed E-state index contributed by atoms with van der Waals surface area (Å²) in [6.07, 6.45) is -0.411. The highest BCUT2D eigenvalue weighted by atomic mass is 16.4. The van der Waals surface area contributed by atoms with Crippen LogP contribution in [0.25, 0.3) is 0 Å². The number of hydrogen-bond acceptors (Lipinski definition) is 4. The monoisotopic (exact) mass is 158 g/mol. The molecule has 62 valence electrons. The number of carboxylic acids is 1. The predicted molar refractivity (Wildman–Crippen MR) is 33.3 cm³/mol. The van der Waals surface area contributed by atoms with Gasteiger partial charge in [-0.05, 0) is 0 Å². The van der Waals surface area contributed by atoms with Crippen molar-refractivity contribution in [1.29, 1.82) is 0 Å². The van der Waals surface area contributed by atoms with Crippen LogP contribution >= 0.6 is 0 Å². The zero-order chi connectivity index (χ0) is 8.85. The number of aliphatic carboxylic acids is 1. The Bertz CT molecular complexity index is 187. The van der Waals surface area contributed by atoms with E-state index in [2.05, 4.69) is 5.32 Å². The van der Waals surface area contributed by atoms with Crippen LogP contribution in [-0.2, 0) is 14.4 Å². The van der Waals surface area contributed by atoms with Crippen molar-refractivity contribution < 1.29 is 19.5 Å². The van der Waals surface area contributed by atoms with Gasteiger partial charge in [0.2, 0.25) is 5.91 Å². The molecule has 0 heterocycles. The summed E-state index contributed by atoms with van der Waals surface area (Å²) >= 11 is 0. The molecule has 0 aromatic carbocycles. The molecule has 0 spiro atoms. The number of carboxylic acid groups (broad SMARTS) is 1. The molecular weight excluding hydrogens is 150 g/mol. The lowest BCUT2D eigenvalue weighted by atomic mass is 10.2. The molecule has 0 aromatic rings. The normalized spacial score (nSPS) is 8.82. The largest absolute Gasteiger partial charge is 0.542 e. The molecule has 0 atom stereocenters. The summed E-state index contributed by atoms with van der Waals surface area (Å²) in [6.45, 7) is 0. The molecule has 11 heavy (non-hydrogen) atoms. The van der Waals surface area contributed by atoms with E-state index in [0.717, 1.165) is 0 Å². The van der Waals surface area contributed by atoms with E-state index in [1.54, 1.807) is 0 Å². The minimum Gasteiger partial charge on any atom is -0.542 e. The van der Waals surface area contributed by atoms with Crippen molar-refractivity contribution in [3.63, 3.8) is 0 Å². The van der Waals surface area contributed by atoms with Gasteiger partial charge in [-0.3, -0.25) is 9.59 Å². The van der Waals surface area contributed by atoms with Gasteiger partial charge in [0.05, 0.1) is 0 Å². The second kappa shape index (κ2) is 4.43. The van der Waals surface area contributed by atoms with Crippen molar-refractivity contribution in [3.8, 4) is 0 Å². The molecule has 0 saturated heterocycles. The first-order chi connectivity index (χ1) is 5.07.